The van der Waals surface area contributed by atoms with Gasteiger partial charge in [0, 0.05) is 16.4 Å². The van der Waals surface area contributed by atoms with Gasteiger partial charge in [-0.3, -0.25) is 0 Å². The normalized spacial score (nSPS) is 14.0. The number of aromatic nitrogens is 1. The Bertz CT molecular complexity index is 1940. The second kappa shape index (κ2) is 8.05. The van der Waals surface area contributed by atoms with Gasteiger partial charge in [0.1, 0.15) is 0 Å². The minimum Gasteiger partial charge on any atom is -0.450 e. The second-order valence-electron chi connectivity index (χ2n) is 10.9. The highest BCUT2D eigenvalue weighted by Gasteiger charge is 2.37. The Morgan fingerprint density at radius 2 is 1.23 bits per heavy atom. The van der Waals surface area contributed by atoms with E-state index in [9.17, 15) is 0 Å². The Kier molecular flexibility index (Phi) is 4.57. The molecule has 1 aromatic heterocycles. The molecule has 0 spiro atoms. The number of ether oxygens (including phenoxy) is 2. The monoisotopic (exact) mass is 503 g/mol. The lowest BCUT2D eigenvalue weighted by atomic mass is 9.82. The summed E-state index contributed by atoms with van der Waals surface area (Å²) in [5.41, 5.74) is 10.3. The molecule has 6 aromatic rings. The van der Waals surface area contributed by atoms with Gasteiger partial charge in [0.25, 0.3) is 0 Å². The number of hydrogen-bond donors (Lipinski definition) is 0. The van der Waals surface area contributed by atoms with Crippen LogP contribution in [0, 0.1) is 0 Å². The summed E-state index contributed by atoms with van der Waals surface area (Å²) in [6.45, 7) is 4.55. The fraction of sp³-hybridized carbons (Fsp3) is 0.0833. The highest BCUT2D eigenvalue weighted by molar-refractivity contribution is 5.87. The minimum atomic E-state index is -0.0821. The van der Waals surface area contributed by atoms with Crippen LogP contribution in [0.15, 0.2) is 115 Å². The highest BCUT2D eigenvalue weighted by atomic mass is 16.6. The lowest BCUT2D eigenvalue weighted by Gasteiger charge is -2.25. The van der Waals surface area contributed by atoms with Crippen molar-refractivity contribution in [2.45, 2.75) is 19.3 Å². The van der Waals surface area contributed by atoms with Crippen LogP contribution < -0.4 is 9.47 Å². The lowest BCUT2D eigenvalue weighted by Crippen LogP contribution is -2.15. The van der Waals surface area contributed by atoms with Crippen molar-refractivity contribution in [3.05, 3.63) is 126 Å². The topological polar surface area (TPSA) is 31.4 Å². The molecule has 0 saturated heterocycles. The van der Waals surface area contributed by atoms with Crippen molar-refractivity contribution in [2.24, 2.45) is 0 Å². The van der Waals surface area contributed by atoms with Gasteiger partial charge >= 0.3 is 0 Å². The van der Waals surface area contributed by atoms with Crippen LogP contribution in [0.3, 0.4) is 0 Å². The van der Waals surface area contributed by atoms with E-state index in [0.717, 1.165) is 56.3 Å². The molecule has 0 saturated carbocycles. The van der Waals surface area contributed by atoms with Crippen LogP contribution in [0.5, 0.6) is 23.0 Å². The van der Waals surface area contributed by atoms with E-state index in [1.807, 2.05) is 24.3 Å². The van der Waals surface area contributed by atoms with E-state index in [1.165, 1.54) is 22.3 Å². The third-order valence-electron chi connectivity index (χ3n) is 8.12. The largest absolute Gasteiger partial charge is 0.450 e. The quantitative estimate of drug-likeness (QED) is 0.235. The zero-order valence-electron chi connectivity index (χ0n) is 21.7. The van der Waals surface area contributed by atoms with Gasteiger partial charge in [-0.25, -0.2) is 4.98 Å². The first-order chi connectivity index (χ1) is 19.0. The molecule has 3 nitrogen and oxygen atoms in total. The van der Waals surface area contributed by atoms with E-state index in [1.54, 1.807) is 0 Å². The van der Waals surface area contributed by atoms with Crippen LogP contribution in [0.25, 0.3) is 44.4 Å². The van der Waals surface area contributed by atoms with E-state index in [4.69, 9.17) is 14.5 Å². The number of nitrogens with zero attached hydrogens (tertiary/aromatic N) is 1. The summed E-state index contributed by atoms with van der Waals surface area (Å²) in [5, 5.41) is 1.10. The molecule has 39 heavy (non-hydrogen) atoms. The molecule has 1 aliphatic heterocycles. The molecular formula is C36H25NO2. The first kappa shape index (κ1) is 22.1. The van der Waals surface area contributed by atoms with Crippen LogP contribution in [0.4, 0.5) is 0 Å². The van der Waals surface area contributed by atoms with Crippen LogP contribution in [0.1, 0.15) is 25.0 Å². The summed E-state index contributed by atoms with van der Waals surface area (Å²) >= 11 is 0. The zero-order chi connectivity index (χ0) is 26.1. The summed E-state index contributed by atoms with van der Waals surface area (Å²) in [5.74, 6) is 2.97. The van der Waals surface area contributed by atoms with E-state index in [2.05, 4.69) is 105 Å². The number of hydrogen-bond acceptors (Lipinski definition) is 3. The first-order valence-corrected chi connectivity index (χ1v) is 13.3. The van der Waals surface area contributed by atoms with E-state index in [-0.39, 0.29) is 5.41 Å². The molecule has 2 aliphatic rings. The second-order valence-corrected chi connectivity index (χ2v) is 10.9. The molecule has 2 heterocycles. The van der Waals surface area contributed by atoms with Gasteiger partial charge in [-0.1, -0.05) is 86.6 Å². The summed E-state index contributed by atoms with van der Waals surface area (Å²) in [6.07, 6.45) is 0. The molecule has 0 fully saturated rings. The smallest absolute Gasteiger partial charge is 0.170 e. The van der Waals surface area contributed by atoms with E-state index in [0.29, 0.717) is 0 Å². The molecule has 0 bridgehead atoms. The first-order valence-electron chi connectivity index (χ1n) is 13.3. The van der Waals surface area contributed by atoms with Crippen molar-refractivity contribution < 1.29 is 9.47 Å². The van der Waals surface area contributed by atoms with Gasteiger partial charge in [0.15, 0.2) is 23.0 Å². The molecular weight excluding hydrogens is 478 g/mol. The third-order valence-corrected chi connectivity index (χ3v) is 8.12. The van der Waals surface area contributed by atoms with E-state index < -0.39 is 0 Å². The molecule has 8 rings (SSSR count). The average Bonchev–Trinajstić information content (AvgIpc) is 3.20. The maximum absolute atomic E-state index is 6.46. The van der Waals surface area contributed by atoms with Gasteiger partial charge in [-0.05, 0) is 75.8 Å². The van der Waals surface area contributed by atoms with Crippen LogP contribution >= 0.6 is 0 Å². The van der Waals surface area contributed by atoms with Gasteiger partial charge < -0.3 is 9.47 Å². The Morgan fingerprint density at radius 3 is 2.13 bits per heavy atom. The maximum atomic E-state index is 6.46. The fourth-order valence-corrected chi connectivity index (χ4v) is 6.03. The molecule has 0 amide bonds. The molecule has 0 N–H and O–H groups in total. The van der Waals surface area contributed by atoms with Crippen LogP contribution in [-0.4, -0.2) is 4.98 Å². The Hall–Kier alpha value is -4.89. The Balaban J connectivity index is 1.14. The van der Waals surface area contributed by atoms with Gasteiger partial charge in [-0.15, -0.1) is 0 Å². The standard InChI is InChI=1S/C36H25NO2/c1-36(2)28-11-7-6-10-26(28)27-20-34-35(21-29(27)36)38-32-17-14-24(19-33(32)39-34)23-12-15-31-25(18-23)13-16-30(37-31)22-8-4-3-5-9-22/h3-21H,1-2H3. The SMILES string of the molecule is CC1(C)c2ccccc2-c2cc3c(cc21)Oc1ccc(-c2ccc4nc(-c5ccccc5)ccc4c2)cc1O3. The summed E-state index contributed by atoms with van der Waals surface area (Å²) in [7, 11) is 0. The number of fused-ring (bicyclic) bond motifs is 6. The molecule has 0 atom stereocenters. The Morgan fingerprint density at radius 1 is 0.513 bits per heavy atom. The molecule has 5 aromatic carbocycles. The van der Waals surface area contributed by atoms with Gasteiger partial charge in [0.2, 0.25) is 0 Å². The summed E-state index contributed by atoms with van der Waals surface area (Å²) in [6, 6.07) is 40.0. The van der Waals surface area contributed by atoms with Crippen molar-refractivity contribution >= 4 is 10.9 Å². The lowest BCUT2D eigenvalue weighted by molar-refractivity contribution is 0.359. The molecule has 0 radical (unpaired) electrons. The minimum absolute atomic E-state index is 0.0821. The van der Waals surface area contributed by atoms with Gasteiger partial charge in [0.05, 0.1) is 11.2 Å². The fourth-order valence-electron chi connectivity index (χ4n) is 6.03. The number of rotatable bonds is 2. The van der Waals surface area contributed by atoms with Crippen molar-refractivity contribution in [3.63, 3.8) is 0 Å². The maximum Gasteiger partial charge on any atom is 0.170 e. The highest BCUT2D eigenvalue weighted by Crippen LogP contribution is 2.55. The summed E-state index contributed by atoms with van der Waals surface area (Å²) < 4.78 is 12.8. The predicted octanol–water partition coefficient (Wildman–Crippen LogP) is 9.77. The third kappa shape index (κ3) is 3.40. The molecule has 0 unspecified atom stereocenters. The Labute approximate surface area is 227 Å². The molecule has 3 heteroatoms. The zero-order valence-corrected chi connectivity index (χ0v) is 21.7. The van der Waals surface area contributed by atoms with Gasteiger partial charge in [-0.2, -0.15) is 0 Å². The van der Waals surface area contributed by atoms with Crippen molar-refractivity contribution in [1.29, 1.82) is 0 Å². The summed E-state index contributed by atoms with van der Waals surface area (Å²) in [4.78, 5) is 4.89. The van der Waals surface area contributed by atoms with Crippen molar-refractivity contribution in [1.82, 2.24) is 4.98 Å². The van der Waals surface area contributed by atoms with Crippen LogP contribution in [-0.2, 0) is 5.41 Å². The molecule has 1 aliphatic carbocycles. The number of benzene rings is 5. The molecule has 186 valence electrons. The van der Waals surface area contributed by atoms with Crippen molar-refractivity contribution in [2.75, 3.05) is 0 Å². The average molecular weight is 504 g/mol. The predicted molar refractivity (Wildman–Crippen MR) is 157 cm³/mol. The van der Waals surface area contributed by atoms with Crippen LogP contribution in [0.2, 0.25) is 0 Å². The number of pyridine rings is 1. The van der Waals surface area contributed by atoms with Crippen molar-refractivity contribution in [3.8, 4) is 56.5 Å². The van der Waals surface area contributed by atoms with E-state index >= 15 is 0 Å².